The third-order valence-electron chi connectivity index (χ3n) is 4.98. The van der Waals surface area contributed by atoms with E-state index < -0.39 is 11.7 Å². The van der Waals surface area contributed by atoms with E-state index in [-0.39, 0.29) is 6.17 Å². The summed E-state index contributed by atoms with van der Waals surface area (Å²) in [4.78, 5) is 9.76. The maximum Gasteiger partial charge on any atom is 0.417 e. The molecule has 30 heavy (non-hydrogen) atoms. The van der Waals surface area contributed by atoms with Gasteiger partial charge in [0.05, 0.1) is 21.9 Å². The van der Waals surface area contributed by atoms with Gasteiger partial charge in [-0.1, -0.05) is 6.08 Å². The summed E-state index contributed by atoms with van der Waals surface area (Å²) >= 11 is 1.40. The average Bonchev–Trinajstić information content (AvgIpc) is 3.16. The Morgan fingerprint density at radius 3 is 2.53 bits per heavy atom. The first-order valence-electron chi connectivity index (χ1n) is 9.91. The molecule has 0 aliphatic carbocycles. The lowest BCUT2D eigenvalue weighted by atomic mass is 10.2. The van der Waals surface area contributed by atoms with Gasteiger partial charge in [-0.25, -0.2) is 0 Å². The van der Waals surface area contributed by atoms with Crippen molar-refractivity contribution in [3.63, 3.8) is 0 Å². The molecule has 0 aromatic carbocycles. The smallest absolute Gasteiger partial charge is 0.385 e. The minimum Gasteiger partial charge on any atom is -0.385 e. The van der Waals surface area contributed by atoms with E-state index in [1.165, 1.54) is 17.4 Å². The average molecular weight is 441 g/mol. The molecule has 0 spiro atoms. The van der Waals surface area contributed by atoms with Crippen molar-refractivity contribution in [2.45, 2.75) is 25.8 Å². The number of halogens is 3. The van der Waals surface area contributed by atoms with E-state index in [0.717, 1.165) is 50.4 Å². The molecule has 1 N–H and O–H groups in total. The van der Waals surface area contributed by atoms with Gasteiger partial charge in [-0.2, -0.15) is 13.2 Å². The molecule has 1 fully saturated rings. The molecule has 0 radical (unpaired) electrons. The zero-order valence-electron chi connectivity index (χ0n) is 17.2. The van der Waals surface area contributed by atoms with Crippen molar-refractivity contribution >= 4 is 21.6 Å². The lowest BCUT2D eigenvalue weighted by Gasteiger charge is -2.38. The molecule has 0 saturated carbocycles. The monoisotopic (exact) mass is 440 g/mol. The molecule has 5 nitrogen and oxygen atoms in total. The Labute approximate surface area is 178 Å². The first-order chi connectivity index (χ1) is 14.4. The summed E-state index contributed by atoms with van der Waals surface area (Å²) in [7, 11) is 1.68. The van der Waals surface area contributed by atoms with E-state index in [9.17, 15) is 13.2 Å². The molecule has 9 heteroatoms. The van der Waals surface area contributed by atoms with E-state index in [0.29, 0.717) is 10.2 Å². The summed E-state index contributed by atoms with van der Waals surface area (Å²) in [6.45, 7) is 7.31. The molecule has 0 bridgehead atoms. The van der Waals surface area contributed by atoms with E-state index in [1.807, 2.05) is 31.3 Å². The number of pyridine rings is 1. The normalized spacial score (nSPS) is 20.1. The maximum atomic E-state index is 12.8. The van der Waals surface area contributed by atoms with Gasteiger partial charge in [0.15, 0.2) is 0 Å². The summed E-state index contributed by atoms with van der Waals surface area (Å²) in [5.74, 6) is 0. The number of hydrogen-bond acceptors (Lipinski definition) is 6. The summed E-state index contributed by atoms with van der Waals surface area (Å²) in [5, 5.41) is 3.33. The van der Waals surface area contributed by atoms with Gasteiger partial charge in [-0.15, -0.1) is 11.3 Å². The molecule has 1 unspecified atom stereocenters. The van der Waals surface area contributed by atoms with Crippen molar-refractivity contribution in [1.29, 1.82) is 0 Å². The minimum atomic E-state index is -4.35. The Hall–Kier alpha value is -1.94. The van der Waals surface area contributed by atoms with E-state index in [4.69, 9.17) is 0 Å². The number of alkyl halides is 3. The number of rotatable bonds is 4. The van der Waals surface area contributed by atoms with Crippen LogP contribution in [0.1, 0.15) is 17.4 Å². The number of piperazine rings is 1. The van der Waals surface area contributed by atoms with Gasteiger partial charge in [0.1, 0.15) is 0 Å². The first kappa shape index (κ1) is 22.7. The summed E-state index contributed by atoms with van der Waals surface area (Å²) < 4.78 is 43.6. The van der Waals surface area contributed by atoms with Crippen LogP contribution in [0.15, 0.2) is 42.8 Å². The number of dihydropyridines is 1. The van der Waals surface area contributed by atoms with Crippen LogP contribution in [0.2, 0.25) is 0 Å². The molecule has 0 amide bonds. The molecule has 2 aromatic heterocycles. The van der Waals surface area contributed by atoms with Gasteiger partial charge < -0.3 is 10.1 Å². The highest BCUT2D eigenvalue weighted by Gasteiger charge is 2.31. The fraction of sp³-hybridized carbons (Fsp3) is 0.476. The van der Waals surface area contributed by atoms with Crippen LogP contribution in [0.4, 0.5) is 13.2 Å². The number of nitrogens with one attached hydrogen (secondary N) is 1. The van der Waals surface area contributed by atoms with Crippen LogP contribution in [-0.2, 0) is 17.5 Å². The topological polar surface area (TPSA) is 40.6 Å². The third kappa shape index (κ3) is 6.04. The highest BCUT2D eigenvalue weighted by molar-refractivity contribution is 7.19. The van der Waals surface area contributed by atoms with Gasteiger partial charge in [-0.3, -0.25) is 14.8 Å². The van der Waals surface area contributed by atoms with Crippen LogP contribution in [0.5, 0.6) is 0 Å². The maximum absolute atomic E-state index is 12.8. The van der Waals surface area contributed by atoms with Crippen LogP contribution < -0.4 is 5.32 Å². The van der Waals surface area contributed by atoms with Gasteiger partial charge in [0.2, 0.25) is 0 Å². The Bertz CT molecular complexity index is 871. The Balaban J connectivity index is 0.000000589. The van der Waals surface area contributed by atoms with Crippen molar-refractivity contribution in [2.75, 3.05) is 39.9 Å². The van der Waals surface area contributed by atoms with Crippen LogP contribution >= 0.6 is 11.3 Å². The fourth-order valence-electron chi connectivity index (χ4n) is 3.28. The summed E-state index contributed by atoms with van der Waals surface area (Å²) in [5.41, 5.74) is -0.0472. The molecule has 2 aliphatic heterocycles. The Morgan fingerprint density at radius 2 is 1.93 bits per heavy atom. The third-order valence-corrected chi connectivity index (χ3v) is 6.04. The molecular weight excluding hydrogens is 413 g/mol. The molecule has 2 aromatic rings. The second-order valence-corrected chi connectivity index (χ2v) is 8.23. The SMILES string of the molecule is CCOC.FC(F)(F)c1cnc2cc(CN3CCN(C4C=CC=CN4)CC3)sc2c1. The highest BCUT2D eigenvalue weighted by Crippen LogP contribution is 2.33. The zero-order valence-corrected chi connectivity index (χ0v) is 18.0. The standard InChI is InChI=1S/C18H19F3N4S.C3H8O/c19-18(20,21)13-9-16-15(23-11-13)10-14(26-16)12-24-5-7-25(8-6-24)17-3-1-2-4-22-17;1-3-4-2/h1-4,9-11,17,22H,5-8,12H2;3H2,1-2H3. The number of aromatic nitrogens is 1. The van der Waals surface area contributed by atoms with Gasteiger partial charge in [0.25, 0.3) is 0 Å². The number of thiophene rings is 1. The number of hydrogen-bond donors (Lipinski definition) is 1. The lowest BCUT2D eigenvalue weighted by Crippen LogP contribution is -2.53. The fourth-order valence-corrected chi connectivity index (χ4v) is 4.39. The van der Waals surface area contributed by atoms with Crippen molar-refractivity contribution in [3.8, 4) is 0 Å². The molecule has 2 aliphatic rings. The molecule has 1 saturated heterocycles. The first-order valence-corrected chi connectivity index (χ1v) is 10.7. The zero-order chi connectivity index (χ0) is 21.6. The van der Waals surface area contributed by atoms with Gasteiger partial charge in [0, 0.05) is 57.5 Å². The Morgan fingerprint density at radius 1 is 1.20 bits per heavy atom. The second-order valence-electron chi connectivity index (χ2n) is 7.06. The molecule has 164 valence electrons. The Kier molecular flexibility index (Phi) is 7.87. The minimum absolute atomic E-state index is 0.247. The number of methoxy groups -OCH3 is 1. The van der Waals surface area contributed by atoms with Crippen molar-refractivity contribution in [1.82, 2.24) is 20.1 Å². The molecule has 4 heterocycles. The van der Waals surface area contributed by atoms with Gasteiger partial charge >= 0.3 is 6.18 Å². The van der Waals surface area contributed by atoms with Crippen molar-refractivity contribution in [2.24, 2.45) is 0 Å². The summed E-state index contributed by atoms with van der Waals surface area (Å²) in [6.07, 6.45) is 4.94. The van der Waals surface area contributed by atoms with Crippen molar-refractivity contribution in [3.05, 3.63) is 53.2 Å². The summed E-state index contributed by atoms with van der Waals surface area (Å²) in [6, 6.07) is 3.10. The lowest BCUT2D eigenvalue weighted by molar-refractivity contribution is -0.137. The predicted octanol–water partition coefficient (Wildman–Crippen LogP) is 4.08. The number of nitrogens with zero attached hydrogens (tertiary/aromatic N) is 3. The molecule has 4 rings (SSSR count). The van der Waals surface area contributed by atoms with Crippen LogP contribution in [0.3, 0.4) is 0 Å². The van der Waals surface area contributed by atoms with E-state index in [1.54, 1.807) is 7.11 Å². The van der Waals surface area contributed by atoms with Crippen molar-refractivity contribution < 1.29 is 17.9 Å². The largest absolute Gasteiger partial charge is 0.417 e. The van der Waals surface area contributed by atoms with Gasteiger partial charge in [-0.05, 0) is 37.4 Å². The van der Waals surface area contributed by atoms with E-state index in [2.05, 4.69) is 30.9 Å². The quantitative estimate of drug-likeness (QED) is 0.776. The van der Waals surface area contributed by atoms with Crippen LogP contribution in [-0.4, -0.2) is 60.8 Å². The van der Waals surface area contributed by atoms with Crippen LogP contribution in [0.25, 0.3) is 10.2 Å². The molecule has 1 atom stereocenters. The molecular formula is C21H27F3N4OS. The van der Waals surface area contributed by atoms with E-state index >= 15 is 0 Å². The number of ether oxygens (including phenoxy) is 1. The number of allylic oxidation sites excluding steroid dienone is 2. The number of fused-ring (bicyclic) bond motifs is 1. The highest BCUT2D eigenvalue weighted by atomic mass is 32.1. The van der Waals surface area contributed by atoms with Crippen LogP contribution in [0, 0.1) is 0 Å². The predicted molar refractivity (Wildman–Crippen MR) is 114 cm³/mol. The second kappa shape index (κ2) is 10.4.